The Morgan fingerprint density at radius 1 is 1.00 bits per heavy atom. The van der Waals surface area contributed by atoms with Gasteiger partial charge in [0.1, 0.15) is 0 Å². The summed E-state index contributed by atoms with van der Waals surface area (Å²) in [6.45, 7) is 5.70. The van der Waals surface area contributed by atoms with Gasteiger partial charge in [-0.3, -0.25) is 0 Å². The second-order valence-electron chi connectivity index (χ2n) is 5.76. The van der Waals surface area contributed by atoms with E-state index in [1.54, 1.807) is 12.1 Å². The maximum atomic E-state index is 13.2. The summed E-state index contributed by atoms with van der Waals surface area (Å²) < 4.78 is 26.4. The van der Waals surface area contributed by atoms with Gasteiger partial charge in [-0.1, -0.05) is 49.2 Å². The first kappa shape index (κ1) is 19.9. The van der Waals surface area contributed by atoms with E-state index in [-0.39, 0.29) is 25.5 Å². The van der Waals surface area contributed by atoms with Crippen LogP contribution in [0.1, 0.15) is 26.7 Å². The van der Waals surface area contributed by atoms with Gasteiger partial charge in [0.05, 0.1) is 31.2 Å². The average Bonchev–Trinajstić information content (AvgIpc) is 2.59. The molecule has 0 radical (unpaired) electrons. The van der Waals surface area contributed by atoms with Crippen molar-refractivity contribution in [3.63, 3.8) is 0 Å². The van der Waals surface area contributed by atoms with Crippen LogP contribution < -0.4 is 10.6 Å². The lowest BCUT2D eigenvalue weighted by atomic mass is 10.2. The number of hydrogen-bond donors (Lipinski definition) is 1. The lowest BCUT2D eigenvalue weighted by molar-refractivity contribution is 0.595. The van der Waals surface area contributed by atoms with Crippen molar-refractivity contribution in [3.8, 4) is 0 Å². The molecule has 0 fully saturated rings. The number of hydrogen-bond acceptors (Lipinski definition) is 4. The van der Waals surface area contributed by atoms with Gasteiger partial charge in [-0.2, -0.15) is 0 Å². The minimum absolute atomic E-state index is 0.0390. The van der Waals surface area contributed by atoms with Crippen LogP contribution in [0.15, 0.2) is 46.2 Å². The Bertz CT molecular complexity index is 825. The number of nitrogens with two attached hydrogens (primary N) is 1. The normalized spacial score (nSPS) is 11.5. The summed E-state index contributed by atoms with van der Waals surface area (Å²) >= 11 is 12.1. The summed E-state index contributed by atoms with van der Waals surface area (Å²) in [5.74, 6) is 0. The first-order valence-electron chi connectivity index (χ1n) is 8.16. The van der Waals surface area contributed by atoms with Gasteiger partial charge in [-0.25, -0.2) is 8.42 Å². The Kier molecular flexibility index (Phi) is 6.60. The molecule has 0 aromatic heterocycles. The van der Waals surface area contributed by atoms with Crippen molar-refractivity contribution >= 4 is 44.4 Å². The summed E-state index contributed by atoms with van der Waals surface area (Å²) in [5.41, 5.74) is 6.59. The van der Waals surface area contributed by atoms with Crippen LogP contribution in [0.25, 0.3) is 0 Å². The molecule has 0 amide bonds. The van der Waals surface area contributed by atoms with E-state index in [1.165, 1.54) is 12.1 Å². The summed E-state index contributed by atoms with van der Waals surface area (Å²) in [4.78, 5) is 2.37. The molecule has 0 spiro atoms. The van der Waals surface area contributed by atoms with E-state index in [1.807, 2.05) is 12.1 Å². The fraction of sp³-hybridized carbons (Fsp3) is 0.333. The predicted molar refractivity (Wildman–Crippen MR) is 106 cm³/mol. The fourth-order valence-electron chi connectivity index (χ4n) is 2.68. The first-order valence-corrected chi connectivity index (χ1v) is 10.4. The SMILES string of the molecule is CCCN(CCC)c1ccccc1S(=O)(=O)c1cc(Cl)c(N)c(Cl)c1. The van der Waals surface area contributed by atoms with Gasteiger partial charge >= 0.3 is 0 Å². The van der Waals surface area contributed by atoms with Gasteiger partial charge in [0, 0.05) is 13.1 Å². The largest absolute Gasteiger partial charge is 0.396 e. The Labute approximate surface area is 159 Å². The van der Waals surface area contributed by atoms with E-state index < -0.39 is 9.84 Å². The standard InChI is InChI=1S/C18H22Cl2N2O2S/c1-3-9-22(10-4-2)16-7-5-6-8-17(16)25(23,24)13-11-14(19)18(21)15(20)12-13/h5-8,11-12H,3-4,9-10,21H2,1-2H3. The highest BCUT2D eigenvalue weighted by Gasteiger charge is 2.25. The first-order chi connectivity index (χ1) is 11.8. The highest BCUT2D eigenvalue weighted by molar-refractivity contribution is 7.91. The van der Waals surface area contributed by atoms with Gasteiger partial charge in [-0.15, -0.1) is 0 Å². The minimum atomic E-state index is -3.78. The van der Waals surface area contributed by atoms with E-state index in [2.05, 4.69) is 18.7 Å². The van der Waals surface area contributed by atoms with Gasteiger partial charge < -0.3 is 10.6 Å². The average molecular weight is 401 g/mol. The smallest absolute Gasteiger partial charge is 0.208 e. The molecular weight excluding hydrogens is 379 g/mol. The molecule has 2 N–H and O–H groups in total. The van der Waals surface area contributed by atoms with E-state index in [4.69, 9.17) is 28.9 Å². The van der Waals surface area contributed by atoms with Crippen molar-refractivity contribution in [2.75, 3.05) is 23.7 Å². The van der Waals surface area contributed by atoms with Crippen molar-refractivity contribution in [1.82, 2.24) is 0 Å². The third kappa shape index (κ3) is 4.22. The maximum absolute atomic E-state index is 13.2. The van der Waals surface area contributed by atoms with Crippen LogP contribution in [0.5, 0.6) is 0 Å². The highest BCUT2D eigenvalue weighted by Crippen LogP contribution is 2.36. The molecule has 0 aliphatic heterocycles. The van der Waals surface area contributed by atoms with Crippen LogP contribution in [0.3, 0.4) is 0 Å². The van der Waals surface area contributed by atoms with Crippen molar-refractivity contribution in [2.24, 2.45) is 0 Å². The Balaban J connectivity index is 2.61. The number of rotatable bonds is 7. The molecule has 0 unspecified atom stereocenters. The molecule has 2 aromatic rings. The van der Waals surface area contributed by atoms with Crippen LogP contribution >= 0.6 is 23.2 Å². The third-order valence-electron chi connectivity index (χ3n) is 3.85. The molecule has 0 saturated heterocycles. The quantitative estimate of drug-likeness (QED) is 0.661. The van der Waals surface area contributed by atoms with Gasteiger partial charge in [0.25, 0.3) is 0 Å². The second kappa shape index (κ2) is 8.30. The third-order valence-corrected chi connectivity index (χ3v) is 6.25. The molecule has 0 atom stereocenters. The van der Waals surface area contributed by atoms with E-state index in [9.17, 15) is 8.42 Å². The molecule has 0 bridgehead atoms. The topological polar surface area (TPSA) is 63.4 Å². The summed E-state index contributed by atoms with van der Waals surface area (Å²) in [6.07, 6.45) is 1.85. The predicted octanol–water partition coefficient (Wildman–Crippen LogP) is 5.03. The van der Waals surface area contributed by atoms with Crippen LogP contribution in [-0.4, -0.2) is 21.5 Å². The maximum Gasteiger partial charge on any atom is 0.208 e. The second-order valence-corrected chi connectivity index (χ2v) is 8.49. The van der Waals surface area contributed by atoms with Gasteiger partial charge in [0.15, 0.2) is 0 Å². The highest BCUT2D eigenvalue weighted by atomic mass is 35.5. The van der Waals surface area contributed by atoms with Crippen molar-refractivity contribution in [2.45, 2.75) is 36.5 Å². The van der Waals surface area contributed by atoms with E-state index in [0.29, 0.717) is 5.69 Å². The number of para-hydroxylation sites is 1. The van der Waals surface area contributed by atoms with Crippen molar-refractivity contribution < 1.29 is 8.42 Å². The number of nitrogens with zero attached hydrogens (tertiary/aromatic N) is 1. The lowest BCUT2D eigenvalue weighted by Gasteiger charge is -2.26. The van der Waals surface area contributed by atoms with Gasteiger partial charge in [-0.05, 0) is 37.1 Å². The Morgan fingerprint density at radius 2 is 1.52 bits per heavy atom. The van der Waals surface area contributed by atoms with Gasteiger partial charge in [0.2, 0.25) is 9.84 Å². The number of benzene rings is 2. The molecular formula is C18H22Cl2N2O2S. The Morgan fingerprint density at radius 3 is 2.04 bits per heavy atom. The Hall–Kier alpha value is -1.43. The lowest BCUT2D eigenvalue weighted by Crippen LogP contribution is -2.26. The van der Waals surface area contributed by atoms with Crippen molar-refractivity contribution in [3.05, 3.63) is 46.4 Å². The number of nitrogen functional groups attached to an aromatic ring is 1. The molecule has 2 rings (SSSR count). The molecule has 25 heavy (non-hydrogen) atoms. The molecule has 0 saturated carbocycles. The minimum Gasteiger partial charge on any atom is -0.396 e. The van der Waals surface area contributed by atoms with Crippen LogP contribution in [-0.2, 0) is 9.84 Å². The van der Waals surface area contributed by atoms with E-state index >= 15 is 0 Å². The van der Waals surface area contributed by atoms with E-state index in [0.717, 1.165) is 25.9 Å². The molecule has 0 aliphatic rings. The molecule has 2 aromatic carbocycles. The fourth-order valence-corrected chi connectivity index (χ4v) is 4.83. The number of halogens is 2. The molecule has 136 valence electrons. The van der Waals surface area contributed by atoms with Crippen molar-refractivity contribution in [1.29, 1.82) is 0 Å². The number of anilines is 2. The van der Waals surface area contributed by atoms with Crippen LogP contribution in [0.4, 0.5) is 11.4 Å². The molecule has 0 aliphatic carbocycles. The summed E-state index contributed by atoms with van der Waals surface area (Å²) in [7, 11) is -3.78. The summed E-state index contributed by atoms with van der Waals surface area (Å²) in [5, 5.41) is 0.255. The monoisotopic (exact) mass is 400 g/mol. The number of sulfone groups is 1. The van der Waals surface area contributed by atoms with Crippen LogP contribution in [0, 0.1) is 0 Å². The molecule has 7 heteroatoms. The zero-order valence-electron chi connectivity index (χ0n) is 14.3. The zero-order chi connectivity index (χ0) is 18.6. The molecule has 0 heterocycles. The molecule has 4 nitrogen and oxygen atoms in total. The van der Waals surface area contributed by atoms with Crippen LogP contribution in [0.2, 0.25) is 10.0 Å². The summed E-state index contributed by atoms with van der Waals surface area (Å²) in [6, 6.07) is 9.69. The zero-order valence-corrected chi connectivity index (χ0v) is 16.6.